The van der Waals surface area contributed by atoms with E-state index in [0.29, 0.717) is 34.5 Å². The second-order valence-corrected chi connectivity index (χ2v) is 6.29. The Morgan fingerprint density at radius 2 is 2.08 bits per heavy atom. The quantitative estimate of drug-likeness (QED) is 0.566. The van der Waals surface area contributed by atoms with Gasteiger partial charge in [0.25, 0.3) is 0 Å². The van der Waals surface area contributed by atoms with Gasteiger partial charge in [-0.25, -0.2) is 4.79 Å². The molecule has 6 nitrogen and oxygen atoms in total. The zero-order valence-corrected chi connectivity index (χ0v) is 16.3. The molecular weight excluding hydrogens is 396 g/mol. The van der Waals surface area contributed by atoms with E-state index in [9.17, 15) is 4.79 Å². The van der Waals surface area contributed by atoms with Crippen molar-refractivity contribution in [3.63, 3.8) is 0 Å². The van der Waals surface area contributed by atoms with Crippen molar-refractivity contribution in [1.82, 2.24) is 10.6 Å². The van der Waals surface area contributed by atoms with Crippen LogP contribution in [0.3, 0.4) is 0 Å². The van der Waals surface area contributed by atoms with Gasteiger partial charge in [0.2, 0.25) is 0 Å². The van der Waals surface area contributed by atoms with E-state index < -0.39 is 12.0 Å². The number of hydrogen-bond acceptors (Lipinski definition) is 5. The van der Waals surface area contributed by atoms with Gasteiger partial charge in [-0.2, -0.15) is 0 Å². The van der Waals surface area contributed by atoms with Gasteiger partial charge in [0.15, 0.2) is 16.6 Å². The molecule has 0 saturated carbocycles. The number of rotatable bonds is 5. The Morgan fingerprint density at radius 3 is 2.67 bits per heavy atom. The Hall–Kier alpha value is -1.80. The molecule has 130 valence electrons. The highest BCUT2D eigenvalue weighted by molar-refractivity contribution is 9.10. The van der Waals surface area contributed by atoms with E-state index in [2.05, 4.69) is 26.6 Å². The van der Waals surface area contributed by atoms with Gasteiger partial charge in [-0.3, -0.25) is 0 Å². The van der Waals surface area contributed by atoms with Crippen molar-refractivity contribution in [1.29, 1.82) is 0 Å². The third-order valence-electron chi connectivity index (χ3n) is 3.54. The number of esters is 1. The Labute approximate surface area is 154 Å². The number of halogens is 1. The fourth-order valence-electron chi connectivity index (χ4n) is 2.54. The summed E-state index contributed by atoms with van der Waals surface area (Å²) in [4.78, 5) is 12.2. The lowest BCUT2D eigenvalue weighted by molar-refractivity contribution is -0.136. The fraction of sp³-hybridized carbons (Fsp3) is 0.375. The van der Waals surface area contributed by atoms with Crippen molar-refractivity contribution in [2.75, 3.05) is 20.8 Å². The molecule has 0 radical (unpaired) electrons. The lowest BCUT2D eigenvalue weighted by atomic mass is 9.95. The van der Waals surface area contributed by atoms with Crippen LogP contribution >= 0.6 is 28.1 Å². The monoisotopic (exact) mass is 414 g/mol. The van der Waals surface area contributed by atoms with Gasteiger partial charge in [0.05, 0.1) is 36.9 Å². The third kappa shape index (κ3) is 3.64. The maximum absolute atomic E-state index is 12.2. The van der Waals surface area contributed by atoms with E-state index in [4.69, 9.17) is 26.4 Å². The summed E-state index contributed by atoms with van der Waals surface area (Å²) < 4.78 is 16.7. The second kappa shape index (κ2) is 7.85. The summed E-state index contributed by atoms with van der Waals surface area (Å²) in [6.45, 7) is 4.17. The molecule has 2 N–H and O–H groups in total. The molecule has 0 aliphatic carbocycles. The van der Waals surface area contributed by atoms with E-state index in [1.165, 1.54) is 7.11 Å². The summed E-state index contributed by atoms with van der Waals surface area (Å²) in [5.41, 5.74) is 1.92. The smallest absolute Gasteiger partial charge is 0.337 e. The van der Waals surface area contributed by atoms with Gasteiger partial charge in [0.1, 0.15) is 0 Å². The summed E-state index contributed by atoms with van der Waals surface area (Å²) in [7, 11) is 2.92. The number of allylic oxidation sites excluding steroid dienone is 1. The van der Waals surface area contributed by atoms with Crippen LogP contribution in [0.4, 0.5) is 0 Å². The second-order valence-electron chi connectivity index (χ2n) is 5.03. The topological polar surface area (TPSA) is 68.8 Å². The Balaban J connectivity index is 2.57. The molecular formula is C16H19BrN2O4S. The molecule has 2 rings (SSSR count). The van der Waals surface area contributed by atoms with Crippen LogP contribution in [0, 0.1) is 0 Å². The predicted molar refractivity (Wildman–Crippen MR) is 98.2 cm³/mol. The van der Waals surface area contributed by atoms with Crippen molar-refractivity contribution in [2.24, 2.45) is 0 Å². The third-order valence-corrected chi connectivity index (χ3v) is 4.35. The molecule has 8 heteroatoms. The van der Waals surface area contributed by atoms with Gasteiger partial charge in [-0.15, -0.1) is 0 Å². The lowest BCUT2D eigenvalue weighted by Crippen LogP contribution is -2.45. The number of nitrogens with one attached hydrogen (secondary N) is 2. The largest absolute Gasteiger partial charge is 0.492 e. The molecule has 1 heterocycles. The van der Waals surface area contributed by atoms with E-state index in [1.54, 1.807) is 14.0 Å². The summed E-state index contributed by atoms with van der Waals surface area (Å²) in [5, 5.41) is 6.50. The highest BCUT2D eigenvalue weighted by atomic mass is 79.9. The maximum Gasteiger partial charge on any atom is 0.337 e. The predicted octanol–water partition coefficient (Wildman–Crippen LogP) is 2.82. The molecule has 0 aromatic heterocycles. The first kappa shape index (κ1) is 18.5. The zero-order chi connectivity index (χ0) is 17.9. The molecule has 0 fully saturated rings. The zero-order valence-electron chi connectivity index (χ0n) is 13.9. The van der Waals surface area contributed by atoms with Gasteiger partial charge in [-0.1, -0.05) is 0 Å². The minimum Gasteiger partial charge on any atom is -0.492 e. The Bertz CT molecular complexity index is 706. The van der Waals surface area contributed by atoms with Crippen LogP contribution in [0.2, 0.25) is 0 Å². The molecule has 0 amide bonds. The molecule has 1 unspecified atom stereocenters. The SMILES string of the molecule is CCOc1cc(C2NC(=S)NC(C)=C2C(=O)OC)cc(Br)c1OC. The van der Waals surface area contributed by atoms with Crippen molar-refractivity contribution in [3.05, 3.63) is 33.4 Å². The van der Waals surface area contributed by atoms with Crippen LogP contribution in [0.1, 0.15) is 25.5 Å². The molecule has 1 aliphatic rings. The average molecular weight is 415 g/mol. The van der Waals surface area contributed by atoms with E-state index in [-0.39, 0.29) is 0 Å². The normalized spacial score (nSPS) is 17.0. The first-order chi connectivity index (χ1) is 11.4. The highest BCUT2D eigenvalue weighted by Crippen LogP contribution is 2.40. The van der Waals surface area contributed by atoms with Gasteiger partial charge < -0.3 is 24.8 Å². The molecule has 1 atom stereocenters. The lowest BCUT2D eigenvalue weighted by Gasteiger charge is -2.30. The Kier molecular flexibility index (Phi) is 6.06. The number of hydrogen-bond donors (Lipinski definition) is 2. The van der Waals surface area contributed by atoms with Crippen LogP contribution in [-0.4, -0.2) is 31.9 Å². The number of carbonyl (C=O) groups excluding carboxylic acids is 1. The maximum atomic E-state index is 12.2. The van der Waals surface area contributed by atoms with Crippen molar-refractivity contribution >= 4 is 39.2 Å². The molecule has 1 aromatic rings. The number of carbonyl (C=O) groups is 1. The summed E-state index contributed by atoms with van der Waals surface area (Å²) >= 11 is 8.71. The summed E-state index contributed by atoms with van der Waals surface area (Å²) in [5.74, 6) is 0.750. The number of ether oxygens (including phenoxy) is 3. The first-order valence-corrected chi connectivity index (χ1v) is 8.49. The van der Waals surface area contributed by atoms with Crippen LogP contribution in [0.15, 0.2) is 27.9 Å². The van der Waals surface area contributed by atoms with Crippen molar-refractivity contribution in [3.8, 4) is 11.5 Å². The van der Waals surface area contributed by atoms with Crippen molar-refractivity contribution < 1.29 is 19.0 Å². The highest BCUT2D eigenvalue weighted by Gasteiger charge is 2.31. The Morgan fingerprint density at radius 1 is 1.38 bits per heavy atom. The van der Waals surface area contributed by atoms with Crippen LogP contribution in [0.5, 0.6) is 11.5 Å². The molecule has 24 heavy (non-hydrogen) atoms. The van der Waals surface area contributed by atoms with E-state index >= 15 is 0 Å². The standard InChI is InChI=1S/C16H19BrN2O4S/c1-5-23-11-7-9(6-10(17)14(11)21-3)13-12(15(20)22-4)8(2)18-16(24)19-13/h6-7,13H,5H2,1-4H3,(H2,18,19,24). The summed E-state index contributed by atoms with van der Waals surface area (Å²) in [6.07, 6.45) is 0. The average Bonchev–Trinajstić information content (AvgIpc) is 2.53. The summed E-state index contributed by atoms with van der Waals surface area (Å²) in [6, 6.07) is 3.24. The van der Waals surface area contributed by atoms with E-state index in [0.717, 1.165) is 10.0 Å². The number of thiocarbonyl (C=S) groups is 1. The van der Waals surface area contributed by atoms with Gasteiger partial charge >= 0.3 is 5.97 Å². The minimum absolute atomic E-state index is 0.426. The van der Waals surface area contributed by atoms with Gasteiger partial charge in [-0.05, 0) is 59.7 Å². The molecule has 0 spiro atoms. The van der Waals surface area contributed by atoms with E-state index in [1.807, 2.05) is 19.1 Å². The van der Waals surface area contributed by atoms with Crippen molar-refractivity contribution in [2.45, 2.75) is 19.9 Å². The molecule has 0 saturated heterocycles. The minimum atomic E-state index is -0.451. The van der Waals surface area contributed by atoms with Crippen LogP contribution in [0.25, 0.3) is 0 Å². The molecule has 0 bridgehead atoms. The fourth-order valence-corrected chi connectivity index (χ4v) is 3.43. The number of methoxy groups -OCH3 is 2. The molecule has 1 aliphatic heterocycles. The molecule has 1 aromatic carbocycles. The van der Waals surface area contributed by atoms with Crippen LogP contribution < -0.4 is 20.1 Å². The number of benzene rings is 1. The first-order valence-electron chi connectivity index (χ1n) is 7.29. The van der Waals surface area contributed by atoms with Crippen LogP contribution in [-0.2, 0) is 9.53 Å². The van der Waals surface area contributed by atoms with Gasteiger partial charge in [0, 0.05) is 5.70 Å².